The third-order valence-corrected chi connectivity index (χ3v) is 2.52. The van der Waals surface area contributed by atoms with Crippen LogP contribution in [0.25, 0.3) is 0 Å². The van der Waals surface area contributed by atoms with Gasteiger partial charge in [0.1, 0.15) is 0 Å². The van der Waals surface area contributed by atoms with E-state index in [2.05, 4.69) is 12.2 Å². The number of carbonyl (C=O) groups excluding carboxylic acids is 1. The molecule has 4 heteroatoms. The van der Waals surface area contributed by atoms with Crippen LogP contribution in [0.2, 0.25) is 0 Å². The van der Waals surface area contributed by atoms with Crippen molar-refractivity contribution in [2.75, 3.05) is 18.9 Å². The molecular weight excluding hydrogens is 214 g/mol. The summed E-state index contributed by atoms with van der Waals surface area (Å²) in [5, 5.41) is 11.2. The summed E-state index contributed by atoms with van der Waals surface area (Å²) in [5.41, 5.74) is 2.01. The maximum atomic E-state index is 11.7. The molecule has 17 heavy (non-hydrogen) atoms. The molecule has 0 spiro atoms. The van der Waals surface area contributed by atoms with Crippen molar-refractivity contribution in [1.82, 2.24) is 4.90 Å². The van der Waals surface area contributed by atoms with Gasteiger partial charge < -0.3 is 10.2 Å². The minimum Gasteiger partial charge on any atom is -0.327 e. The number of urea groups is 1. The van der Waals surface area contributed by atoms with Crippen molar-refractivity contribution < 1.29 is 4.79 Å². The molecule has 0 saturated heterocycles. The normalized spacial score (nSPS) is 9.47. The van der Waals surface area contributed by atoms with Crippen molar-refractivity contribution in [2.24, 2.45) is 0 Å². The fourth-order valence-electron chi connectivity index (χ4n) is 1.36. The first kappa shape index (κ1) is 13.0. The van der Waals surface area contributed by atoms with Gasteiger partial charge in [-0.15, -0.1) is 0 Å². The first-order valence-electron chi connectivity index (χ1n) is 5.65. The van der Waals surface area contributed by atoms with Crippen LogP contribution in [-0.2, 0) is 6.42 Å². The van der Waals surface area contributed by atoms with Crippen molar-refractivity contribution in [3.05, 3.63) is 29.8 Å². The quantitative estimate of drug-likeness (QED) is 0.866. The predicted molar refractivity (Wildman–Crippen MR) is 67.7 cm³/mol. The Morgan fingerprint density at radius 3 is 2.59 bits per heavy atom. The lowest BCUT2D eigenvalue weighted by Crippen LogP contribution is -2.31. The fraction of sp³-hybridized carbons (Fsp3) is 0.385. The van der Waals surface area contributed by atoms with Gasteiger partial charge in [-0.05, 0) is 24.1 Å². The zero-order valence-electron chi connectivity index (χ0n) is 10.2. The monoisotopic (exact) mass is 231 g/mol. The molecule has 4 nitrogen and oxygen atoms in total. The molecule has 1 aromatic carbocycles. The van der Waals surface area contributed by atoms with E-state index in [0.717, 1.165) is 12.1 Å². The molecular formula is C13H17N3O. The van der Waals surface area contributed by atoms with Crippen molar-refractivity contribution in [3.8, 4) is 6.07 Å². The summed E-state index contributed by atoms with van der Waals surface area (Å²) in [6.45, 7) is 2.53. The lowest BCUT2D eigenvalue weighted by molar-refractivity contribution is 0.223. The van der Waals surface area contributed by atoms with Crippen LogP contribution in [0.5, 0.6) is 0 Å². The maximum absolute atomic E-state index is 11.7. The zero-order chi connectivity index (χ0) is 12.7. The third-order valence-electron chi connectivity index (χ3n) is 2.52. The highest BCUT2D eigenvalue weighted by molar-refractivity contribution is 5.89. The van der Waals surface area contributed by atoms with E-state index < -0.39 is 0 Å². The maximum Gasteiger partial charge on any atom is 0.321 e. The minimum atomic E-state index is -0.190. The number of anilines is 1. The molecule has 1 aromatic rings. The number of hydrogen-bond acceptors (Lipinski definition) is 2. The molecule has 0 fully saturated rings. The van der Waals surface area contributed by atoms with Crippen LogP contribution < -0.4 is 5.32 Å². The average Bonchev–Trinajstić information content (AvgIpc) is 2.36. The molecule has 1 N–H and O–H groups in total. The summed E-state index contributed by atoms with van der Waals surface area (Å²) in [7, 11) is 1.67. The van der Waals surface area contributed by atoms with E-state index in [1.807, 2.05) is 30.3 Å². The van der Waals surface area contributed by atoms with Gasteiger partial charge >= 0.3 is 6.03 Å². The highest BCUT2D eigenvalue weighted by atomic mass is 16.2. The van der Waals surface area contributed by atoms with Crippen molar-refractivity contribution >= 4 is 11.7 Å². The van der Waals surface area contributed by atoms with Crippen LogP contribution in [0.1, 0.15) is 18.9 Å². The van der Waals surface area contributed by atoms with E-state index in [0.29, 0.717) is 13.0 Å². The Balaban J connectivity index is 2.52. The molecule has 0 saturated carbocycles. The summed E-state index contributed by atoms with van der Waals surface area (Å²) in [6.07, 6.45) is 1.33. The summed E-state index contributed by atoms with van der Waals surface area (Å²) in [5.74, 6) is 0. The minimum absolute atomic E-state index is 0.190. The Kier molecular flexibility index (Phi) is 5.02. The first-order chi connectivity index (χ1) is 8.17. The molecule has 0 heterocycles. The molecule has 2 amide bonds. The van der Waals surface area contributed by atoms with E-state index in [1.54, 1.807) is 7.05 Å². The largest absolute Gasteiger partial charge is 0.327 e. The van der Waals surface area contributed by atoms with Crippen molar-refractivity contribution in [1.29, 1.82) is 5.26 Å². The van der Waals surface area contributed by atoms with Crippen LogP contribution in [-0.4, -0.2) is 24.5 Å². The van der Waals surface area contributed by atoms with Crippen LogP contribution in [0.3, 0.4) is 0 Å². The zero-order valence-corrected chi connectivity index (χ0v) is 10.2. The summed E-state index contributed by atoms with van der Waals surface area (Å²) >= 11 is 0. The van der Waals surface area contributed by atoms with E-state index in [1.165, 1.54) is 10.5 Å². The molecule has 0 aliphatic rings. The van der Waals surface area contributed by atoms with Crippen LogP contribution in [0.15, 0.2) is 24.3 Å². The standard InChI is InChI=1S/C13H17N3O/c1-3-11-5-7-12(8-6-11)15-13(17)16(2)10-4-9-14/h5-8H,3-4,10H2,1-2H3,(H,15,17). The number of hydrogen-bond donors (Lipinski definition) is 1. The number of nitrogens with one attached hydrogen (secondary N) is 1. The van der Waals surface area contributed by atoms with Gasteiger partial charge in [-0.2, -0.15) is 5.26 Å². The molecule has 0 atom stereocenters. The summed E-state index contributed by atoms with van der Waals surface area (Å²) < 4.78 is 0. The molecule has 0 aliphatic carbocycles. The second-order valence-electron chi connectivity index (χ2n) is 3.81. The second-order valence-corrected chi connectivity index (χ2v) is 3.81. The Hall–Kier alpha value is -2.02. The van der Waals surface area contributed by atoms with Crippen LogP contribution in [0.4, 0.5) is 10.5 Å². The highest BCUT2D eigenvalue weighted by Crippen LogP contribution is 2.10. The lowest BCUT2D eigenvalue weighted by atomic mass is 10.1. The summed E-state index contributed by atoms with van der Waals surface area (Å²) in [6, 6.07) is 9.57. The highest BCUT2D eigenvalue weighted by Gasteiger charge is 2.07. The Morgan fingerprint density at radius 1 is 1.41 bits per heavy atom. The average molecular weight is 231 g/mol. The number of rotatable bonds is 4. The predicted octanol–water partition coefficient (Wildman–Crippen LogP) is 2.63. The number of aryl methyl sites for hydroxylation is 1. The number of amides is 2. The lowest BCUT2D eigenvalue weighted by Gasteiger charge is -2.16. The number of nitriles is 1. The van der Waals surface area contributed by atoms with Gasteiger partial charge in [0.25, 0.3) is 0 Å². The van der Waals surface area contributed by atoms with Crippen LogP contribution >= 0.6 is 0 Å². The van der Waals surface area contributed by atoms with Crippen molar-refractivity contribution in [2.45, 2.75) is 19.8 Å². The molecule has 0 unspecified atom stereocenters. The Labute approximate surface area is 102 Å². The number of carbonyl (C=O) groups is 1. The van der Waals surface area contributed by atoms with E-state index in [4.69, 9.17) is 5.26 Å². The molecule has 0 radical (unpaired) electrons. The topological polar surface area (TPSA) is 56.1 Å². The van der Waals surface area contributed by atoms with Gasteiger partial charge in [0, 0.05) is 19.3 Å². The SMILES string of the molecule is CCc1ccc(NC(=O)N(C)CCC#N)cc1. The Bertz CT molecular complexity index is 406. The molecule has 90 valence electrons. The van der Waals surface area contributed by atoms with Gasteiger partial charge in [-0.3, -0.25) is 0 Å². The number of nitrogens with zero attached hydrogens (tertiary/aromatic N) is 2. The fourth-order valence-corrected chi connectivity index (χ4v) is 1.36. The van der Waals surface area contributed by atoms with Gasteiger partial charge in [0.2, 0.25) is 0 Å². The van der Waals surface area contributed by atoms with Gasteiger partial charge in [-0.1, -0.05) is 19.1 Å². The van der Waals surface area contributed by atoms with E-state index in [9.17, 15) is 4.79 Å². The van der Waals surface area contributed by atoms with Gasteiger partial charge in [0.15, 0.2) is 0 Å². The molecule has 0 aromatic heterocycles. The Morgan fingerprint density at radius 2 is 2.06 bits per heavy atom. The summed E-state index contributed by atoms with van der Waals surface area (Å²) in [4.78, 5) is 13.2. The molecule has 0 aliphatic heterocycles. The van der Waals surface area contributed by atoms with E-state index in [-0.39, 0.29) is 6.03 Å². The van der Waals surface area contributed by atoms with Gasteiger partial charge in [0.05, 0.1) is 12.5 Å². The van der Waals surface area contributed by atoms with Crippen molar-refractivity contribution in [3.63, 3.8) is 0 Å². The first-order valence-corrected chi connectivity index (χ1v) is 5.65. The van der Waals surface area contributed by atoms with Crippen LogP contribution in [0, 0.1) is 11.3 Å². The van der Waals surface area contributed by atoms with E-state index >= 15 is 0 Å². The molecule has 1 rings (SSSR count). The van der Waals surface area contributed by atoms with Gasteiger partial charge in [-0.25, -0.2) is 4.79 Å². The second kappa shape index (κ2) is 6.54. The number of benzene rings is 1. The third kappa shape index (κ3) is 4.15. The smallest absolute Gasteiger partial charge is 0.321 e. The molecule has 0 bridgehead atoms.